The molecule has 0 aromatic heterocycles. The number of hydrogen-bond acceptors (Lipinski definition) is 3. The summed E-state index contributed by atoms with van der Waals surface area (Å²) in [6.45, 7) is 7.41. The molecule has 0 aliphatic carbocycles. The molecule has 0 heterocycles. The second-order valence-corrected chi connectivity index (χ2v) is 5.19. The highest BCUT2D eigenvalue weighted by molar-refractivity contribution is 6.32. The quantitative estimate of drug-likeness (QED) is 0.616. The van der Waals surface area contributed by atoms with E-state index in [1.54, 1.807) is 6.07 Å². The Morgan fingerprint density at radius 1 is 1.38 bits per heavy atom. The van der Waals surface area contributed by atoms with E-state index in [-0.39, 0.29) is 22.1 Å². The van der Waals surface area contributed by atoms with Crippen molar-refractivity contribution in [3.05, 3.63) is 22.7 Å². The van der Waals surface area contributed by atoms with E-state index < -0.39 is 0 Å². The molecule has 2 N–H and O–H groups in total. The van der Waals surface area contributed by atoms with Crippen molar-refractivity contribution in [2.24, 2.45) is 0 Å². The van der Waals surface area contributed by atoms with Gasteiger partial charge in [-0.05, 0) is 39.8 Å². The van der Waals surface area contributed by atoms with Gasteiger partial charge in [-0.3, -0.25) is 4.79 Å². The van der Waals surface area contributed by atoms with Gasteiger partial charge in [0.1, 0.15) is 5.75 Å². The minimum absolute atomic E-state index is 0.0775. The number of phenols is 1. The van der Waals surface area contributed by atoms with Gasteiger partial charge in [-0.1, -0.05) is 11.6 Å². The molecule has 0 radical (unpaired) electrons. The molecule has 1 aromatic rings. The second kappa shape index (κ2) is 4.34. The maximum atomic E-state index is 11.4. The van der Waals surface area contributed by atoms with Crippen molar-refractivity contribution in [2.75, 3.05) is 5.32 Å². The topological polar surface area (TPSA) is 49.3 Å². The number of anilines is 1. The second-order valence-electron chi connectivity index (χ2n) is 4.78. The molecule has 0 aliphatic heterocycles. The zero-order valence-electron chi connectivity index (χ0n) is 9.89. The van der Waals surface area contributed by atoms with Crippen molar-refractivity contribution in [3.8, 4) is 5.75 Å². The highest BCUT2D eigenvalue weighted by atomic mass is 35.5. The molecule has 1 rings (SSSR count). The van der Waals surface area contributed by atoms with Crippen LogP contribution in [-0.2, 0) is 0 Å². The third kappa shape index (κ3) is 3.14. The molecule has 0 aliphatic rings. The van der Waals surface area contributed by atoms with E-state index in [0.29, 0.717) is 11.3 Å². The zero-order valence-corrected chi connectivity index (χ0v) is 10.6. The number of nitrogens with one attached hydrogen (secondary N) is 1. The van der Waals surface area contributed by atoms with Gasteiger partial charge in [-0.15, -0.1) is 0 Å². The third-order valence-electron chi connectivity index (χ3n) is 1.98. The van der Waals surface area contributed by atoms with Crippen LogP contribution in [0.25, 0.3) is 0 Å². The summed E-state index contributed by atoms with van der Waals surface area (Å²) in [6, 6.07) is 2.96. The lowest BCUT2D eigenvalue weighted by Crippen LogP contribution is -2.27. The van der Waals surface area contributed by atoms with Crippen LogP contribution in [0.15, 0.2) is 12.1 Å². The SMILES string of the molecule is CC(=O)c1cc(O)c(Cl)cc1NC(C)(C)C. The summed E-state index contributed by atoms with van der Waals surface area (Å²) < 4.78 is 0. The predicted octanol–water partition coefficient (Wildman–Crippen LogP) is 3.46. The van der Waals surface area contributed by atoms with E-state index in [2.05, 4.69) is 5.32 Å². The van der Waals surface area contributed by atoms with Gasteiger partial charge in [0.15, 0.2) is 5.78 Å². The summed E-state index contributed by atoms with van der Waals surface area (Å²) in [5.41, 5.74) is 0.907. The Hall–Kier alpha value is -1.22. The third-order valence-corrected chi connectivity index (χ3v) is 2.28. The molecule has 1 aromatic carbocycles. The molecule has 0 fully saturated rings. The molecule has 0 saturated heterocycles. The normalized spacial score (nSPS) is 11.3. The van der Waals surface area contributed by atoms with E-state index in [1.807, 2.05) is 20.8 Å². The van der Waals surface area contributed by atoms with E-state index in [9.17, 15) is 9.90 Å². The number of hydrogen-bond donors (Lipinski definition) is 2. The highest BCUT2D eigenvalue weighted by Crippen LogP contribution is 2.31. The fourth-order valence-electron chi connectivity index (χ4n) is 1.36. The lowest BCUT2D eigenvalue weighted by atomic mass is 10.0. The first kappa shape index (κ1) is 12.8. The van der Waals surface area contributed by atoms with Crippen LogP contribution in [-0.4, -0.2) is 16.4 Å². The van der Waals surface area contributed by atoms with E-state index in [0.717, 1.165) is 0 Å². The average molecular weight is 242 g/mol. The maximum Gasteiger partial charge on any atom is 0.162 e. The number of carbonyl (C=O) groups excluding carboxylic acids is 1. The molecule has 3 nitrogen and oxygen atoms in total. The molecular weight excluding hydrogens is 226 g/mol. The van der Waals surface area contributed by atoms with Crippen LogP contribution in [0.2, 0.25) is 5.02 Å². The largest absolute Gasteiger partial charge is 0.506 e. The fourth-order valence-corrected chi connectivity index (χ4v) is 1.52. The Kier molecular flexibility index (Phi) is 3.48. The van der Waals surface area contributed by atoms with Gasteiger partial charge in [0.2, 0.25) is 0 Å². The van der Waals surface area contributed by atoms with Crippen LogP contribution in [0.3, 0.4) is 0 Å². The number of Topliss-reactive ketones (excluding diaryl/α,β-unsaturated/α-hetero) is 1. The molecular formula is C12H16ClNO2. The van der Waals surface area contributed by atoms with Gasteiger partial charge in [0, 0.05) is 16.8 Å². The number of halogens is 1. The van der Waals surface area contributed by atoms with Gasteiger partial charge in [0.25, 0.3) is 0 Å². The van der Waals surface area contributed by atoms with Crippen LogP contribution in [0.1, 0.15) is 38.1 Å². The highest BCUT2D eigenvalue weighted by Gasteiger charge is 2.16. The average Bonchev–Trinajstić information content (AvgIpc) is 2.07. The van der Waals surface area contributed by atoms with Crippen molar-refractivity contribution in [1.29, 1.82) is 0 Å². The van der Waals surface area contributed by atoms with Crippen LogP contribution in [0.5, 0.6) is 5.75 Å². The lowest BCUT2D eigenvalue weighted by Gasteiger charge is -2.24. The first-order chi connectivity index (χ1) is 7.20. The van der Waals surface area contributed by atoms with Crippen LogP contribution in [0.4, 0.5) is 5.69 Å². The molecule has 0 amide bonds. The summed E-state index contributed by atoms with van der Waals surface area (Å²) in [6.07, 6.45) is 0. The Morgan fingerprint density at radius 3 is 2.38 bits per heavy atom. The van der Waals surface area contributed by atoms with Gasteiger partial charge < -0.3 is 10.4 Å². The minimum Gasteiger partial charge on any atom is -0.506 e. The smallest absolute Gasteiger partial charge is 0.162 e. The molecule has 16 heavy (non-hydrogen) atoms. The van der Waals surface area contributed by atoms with Crippen molar-refractivity contribution < 1.29 is 9.90 Å². The van der Waals surface area contributed by atoms with Crippen molar-refractivity contribution in [3.63, 3.8) is 0 Å². The molecule has 0 unspecified atom stereocenters. The molecule has 4 heteroatoms. The molecule has 88 valence electrons. The minimum atomic E-state index is -0.176. The molecule has 0 spiro atoms. The summed E-state index contributed by atoms with van der Waals surface area (Å²) in [7, 11) is 0. The summed E-state index contributed by atoms with van der Waals surface area (Å²) in [4.78, 5) is 11.4. The zero-order chi connectivity index (χ0) is 12.5. The van der Waals surface area contributed by atoms with Gasteiger partial charge in [0.05, 0.1) is 5.02 Å². The Bertz CT molecular complexity index is 422. The number of ketones is 1. The number of rotatable bonds is 2. The van der Waals surface area contributed by atoms with Crippen LogP contribution in [0, 0.1) is 0 Å². The van der Waals surface area contributed by atoms with Crippen molar-refractivity contribution in [2.45, 2.75) is 33.2 Å². The number of phenolic OH excluding ortho intramolecular Hbond substituents is 1. The number of carbonyl (C=O) groups is 1. The van der Waals surface area contributed by atoms with Crippen LogP contribution < -0.4 is 5.32 Å². The first-order valence-corrected chi connectivity index (χ1v) is 5.40. The van der Waals surface area contributed by atoms with Gasteiger partial charge in [-0.2, -0.15) is 0 Å². The van der Waals surface area contributed by atoms with Gasteiger partial charge >= 0.3 is 0 Å². The van der Waals surface area contributed by atoms with E-state index in [4.69, 9.17) is 11.6 Å². The van der Waals surface area contributed by atoms with E-state index >= 15 is 0 Å². The summed E-state index contributed by atoms with van der Waals surface area (Å²) in [5, 5.41) is 12.9. The molecule has 0 atom stereocenters. The predicted molar refractivity (Wildman–Crippen MR) is 66.5 cm³/mol. The number of benzene rings is 1. The lowest BCUT2D eigenvalue weighted by molar-refractivity contribution is 0.101. The Balaban J connectivity index is 3.25. The number of aromatic hydroxyl groups is 1. The molecule has 0 saturated carbocycles. The standard InChI is InChI=1S/C12H16ClNO2/c1-7(15)8-5-11(16)9(13)6-10(8)14-12(2,3)4/h5-6,14,16H,1-4H3. The summed E-state index contributed by atoms with van der Waals surface area (Å²) in [5.74, 6) is -0.190. The van der Waals surface area contributed by atoms with Crippen LogP contribution >= 0.6 is 11.6 Å². The summed E-state index contributed by atoms with van der Waals surface area (Å²) >= 11 is 5.82. The van der Waals surface area contributed by atoms with Gasteiger partial charge in [-0.25, -0.2) is 0 Å². The maximum absolute atomic E-state index is 11.4. The monoisotopic (exact) mass is 241 g/mol. The van der Waals surface area contributed by atoms with Crippen molar-refractivity contribution in [1.82, 2.24) is 0 Å². The Morgan fingerprint density at radius 2 is 1.94 bits per heavy atom. The van der Waals surface area contributed by atoms with Crippen molar-refractivity contribution >= 4 is 23.1 Å². The van der Waals surface area contributed by atoms with E-state index in [1.165, 1.54) is 13.0 Å². The molecule has 0 bridgehead atoms. The first-order valence-electron chi connectivity index (χ1n) is 5.02. The fraction of sp³-hybridized carbons (Fsp3) is 0.417. The Labute approximate surface area is 100 Å².